The van der Waals surface area contributed by atoms with Crippen molar-refractivity contribution in [3.05, 3.63) is 98.4 Å². The fourth-order valence-corrected chi connectivity index (χ4v) is 2.98. The van der Waals surface area contributed by atoms with E-state index < -0.39 is 5.91 Å². The fourth-order valence-electron chi connectivity index (χ4n) is 2.45. The summed E-state index contributed by atoms with van der Waals surface area (Å²) in [6.45, 7) is 0.460. The van der Waals surface area contributed by atoms with Crippen LogP contribution >= 0.6 is 31.9 Å². The van der Waals surface area contributed by atoms with E-state index in [9.17, 15) is 10.1 Å². The first kappa shape index (κ1) is 20.8. The topological polar surface area (TPSA) is 62.1 Å². The smallest absolute Gasteiger partial charge is 0.266 e. The molecule has 0 aliphatic rings. The first-order valence-corrected chi connectivity index (χ1v) is 10.3. The number of benzene rings is 3. The predicted molar refractivity (Wildman–Crippen MR) is 121 cm³/mol. The maximum absolute atomic E-state index is 12.3. The maximum Gasteiger partial charge on any atom is 0.266 e. The second-order valence-electron chi connectivity index (χ2n) is 6.12. The Labute approximate surface area is 186 Å². The summed E-state index contributed by atoms with van der Waals surface area (Å²) in [5.41, 5.74) is 2.45. The van der Waals surface area contributed by atoms with Crippen LogP contribution in [0.2, 0.25) is 0 Å². The second-order valence-corrected chi connectivity index (χ2v) is 7.95. The van der Waals surface area contributed by atoms with Crippen molar-refractivity contribution in [3.63, 3.8) is 0 Å². The van der Waals surface area contributed by atoms with Gasteiger partial charge in [0.2, 0.25) is 0 Å². The van der Waals surface area contributed by atoms with Gasteiger partial charge in [-0.25, -0.2) is 0 Å². The van der Waals surface area contributed by atoms with Gasteiger partial charge in [-0.2, -0.15) is 5.26 Å². The molecule has 0 heterocycles. The summed E-state index contributed by atoms with van der Waals surface area (Å²) in [5, 5.41) is 12.1. The number of ether oxygens (including phenoxy) is 1. The molecule has 0 saturated heterocycles. The van der Waals surface area contributed by atoms with E-state index in [1.807, 2.05) is 54.6 Å². The molecule has 3 rings (SSSR count). The zero-order chi connectivity index (χ0) is 20.6. The van der Waals surface area contributed by atoms with Crippen LogP contribution in [0, 0.1) is 11.3 Å². The Morgan fingerprint density at radius 3 is 2.10 bits per heavy atom. The van der Waals surface area contributed by atoms with E-state index >= 15 is 0 Å². The SMILES string of the molecule is N#C/C(=C/c1ccc(OCc2ccc(Br)cc2)cc1)C(=O)Nc1ccc(Br)cc1. The van der Waals surface area contributed by atoms with Gasteiger partial charge in [-0.3, -0.25) is 4.79 Å². The molecule has 1 amide bonds. The molecule has 0 atom stereocenters. The summed E-state index contributed by atoms with van der Waals surface area (Å²) >= 11 is 6.75. The molecule has 1 N–H and O–H groups in total. The highest BCUT2D eigenvalue weighted by Crippen LogP contribution is 2.18. The quantitative estimate of drug-likeness (QED) is 0.310. The molecule has 0 fully saturated rings. The van der Waals surface area contributed by atoms with Gasteiger partial charge in [-0.15, -0.1) is 0 Å². The van der Waals surface area contributed by atoms with Crippen molar-refractivity contribution in [2.24, 2.45) is 0 Å². The Balaban J connectivity index is 1.63. The minimum absolute atomic E-state index is 0.0245. The number of amides is 1. The fraction of sp³-hybridized carbons (Fsp3) is 0.0435. The third-order valence-corrected chi connectivity index (χ3v) is 5.03. The lowest BCUT2D eigenvalue weighted by Crippen LogP contribution is -2.13. The van der Waals surface area contributed by atoms with Gasteiger partial charge in [-0.1, -0.05) is 56.1 Å². The molecule has 6 heteroatoms. The number of hydrogen-bond donors (Lipinski definition) is 1. The zero-order valence-electron chi connectivity index (χ0n) is 15.2. The average molecular weight is 512 g/mol. The van der Waals surface area contributed by atoms with Gasteiger partial charge < -0.3 is 10.1 Å². The number of nitrogens with one attached hydrogen (secondary N) is 1. The molecule has 144 valence electrons. The van der Waals surface area contributed by atoms with Gasteiger partial charge in [0.15, 0.2) is 0 Å². The van der Waals surface area contributed by atoms with Gasteiger partial charge in [0.1, 0.15) is 24.0 Å². The van der Waals surface area contributed by atoms with Gasteiger partial charge in [-0.05, 0) is 65.7 Å². The summed E-state index contributed by atoms with van der Waals surface area (Å²) in [5.74, 6) is 0.258. The number of nitrogens with zero attached hydrogens (tertiary/aromatic N) is 1. The van der Waals surface area contributed by atoms with Gasteiger partial charge in [0.05, 0.1) is 0 Å². The minimum Gasteiger partial charge on any atom is -0.489 e. The second kappa shape index (κ2) is 10.1. The third-order valence-electron chi connectivity index (χ3n) is 3.98. The lowest BCUT2D eigenvalue weighted by atomic mass is 10.1. The van der Waals surface area contributed by atoms with Crippen LogP contribution in [0.1, 0.15) is 11.1 Å². The van der Waals surface area contributed by atoms with Crippen LogP contribution in [0.15, 0.2) is 87.3 Å². The highest BCUT2D eigenvalue weighted by Gasteiger charge is 2.09. The molecule has 3 aromatic rings. The third kappa shape index (κ3) is 6.31. The number of carbonyl (C=O) groups excluding carboxylic acids is 1. The van der Waals surface area contributed by atoms with Crippen molar-refractivity contribution in [2.75, 3.05) is 5.32 Å². The normalized spacial score (nSPS) is 10.9. The highest BCUT2D eigenvalue weighted by molar-refractivity contribution is 9.10. The zero-order valence-corrected chi connectivity index (χ0v) is 18.4. The molecule has 4 nitrogen and oxygen atoms in total. The first-order valence-electron chi connectivity index (χ1n) is 8.69. The molecule has 0 spiro atoms. The average Bonchev–Trinajstić information content (AvgIpc) is 2.74. The largest absolute Gasteiger partial charge is 0.489 e. The van der Waals surface area contributed by atoms with Crippen molar-refractivity contribution < 1.29 is 9.53 Å². The number of rotatable bonds is 6. The number of nitriles is 1. The van der Waals surface area contributed by atoms with E-state index in [1.54, 1.807) is 30.3 Å². The molecule has 0 aliphatic heterocycles. The number of hydrogen-bond acceptors (Lipinski definition) is 3. The number of halogens is 2. The molecular formula is C23H16Br2N2O2. The first-order chi connectivity index (χ1) is 14.0. The van der Waals surface area contributed by atoms with Gasteiger partial charge in [0, 0.05) is 14.6 Å². The lowest BCUT2D eigenvalue weighted by molar-refractivity contribution is -0.112. The van der Waals surface area contributed by atoms with E-state index in [4.69, 9.17) is 4.74 Å². The molecule has 0 bridgehead atoms. The van der Waals surface area contributed by atoms with Crippen molar-refractivity contribution >= 4 is 49.5 Å². The van der Waals surface area contributed by atoms with E-state index in [1.165, 1.54) is 0 Å². The van der Waals surface area contributed by atoms with E-state index in [-0.39, 0.29) is 5.57 Å². The molecule has 0 aromatic heterocycles. The Morgan fingerprint density at radius 1 is 0.931 bits per heavy atom. The summed E-state index contributed by atoms with van der Waals surface area (Å²) < 4.78 is 7.70. The summed E-state index contributed by atoms with van der Waals surface area (Å²) in [6, 6.07) is 24.3. The monoisotopic (exact) mass is 510 g/mol. The van der Waals surface area contributed by atoms with Crippen molar-refractivity contribution in [3.8, 4) is 11.8 Å². The lowest BCUT2D eigenvalue weighted by Gasteiger charge is -2.07. The Bertz CT molecular complexity index is 1050. The van der Waals surface area contributed by atoms with Crippen LogP contribution < -0.4 is 10.1 Å². The van der Waals surface area contributed by atoms with Gasteiger partial charge >= 0.3 is 0 Å². The number of anilines is 1. The van der Waals surface area contributed by atoms with Crippen LogP contribution in [0.3, 0.4) is 0 Å². The standard InChI is InChI=1S/C23H16Br2N2O2/c24-19-5-1-17(2-6-19)15-29-22-11-3-16(4-12-22)13-18(14-26)23(28)27-21-9-7-20(25)8-10-21/h1-13H,15H2,(H,27,28)/b18-13-. The van der Waals surface area contributed by atoms with Crippen LogP contribution in [-0.4, -0.2) is 5.91 Å². The molecular weight excluding hydrogens is 496 g/mol. The van der Waals surface area contributed by atoms with E-state index in [0.29, 0.717) is 18.0 Å². The summed E-state index contributed by atoms with van der Waals surface area (Å²) in [6.07, 6.45) is 1.55. The molecule has 0 aliphatic carbocycles. The van der Waals surface area contributed by atoms with Crippen LogP contribution in [0.4, 0.5) is 5.69 Å². The van der Waals surface area contributed by atoms with Crippen molar-refractivity contribution in [2.45, 2.75) is 6.61 Å². The molecule has 0 unspecified atom stereocenters. The Morgan fingerprint density at radius 2 is 1.52 bits per heavy atom. The van der Waals surface area contributed by atoms with Gasteiger partial charge in [0.25, 0.3) is 5.91 Å². The van der Waals surface area contributed by atoms with Crippen LogP contribution in [0.25, 0.3) is 6.08 Å². The van der Waals surface area contributed by atoms with Crippen molar-refractivity contribution in [1.82, 2.24) is 0 Å². The highest BCUT2D eigenvalue weighted by atomic mass is 79.9. The molecule has 3 aromatic carbocycles. The molecule has 0 radical (unpaired) electrons. The minimum atomic E-state index is -0.453. The van der Waals surface area contributed by atoms with E-state index in [2.05, 4.69) is 37.2 Å². The van der Waals surface area contributed by atoms with Crippen LogP contribution in [0.5, 0.6) is 5.75 Å². The Kier molecular flexibility index (Phi) is 7.23. The van der Waals surface area contributed by atoms with Crippen molar-refractivity contribution in [1.29, 1.82) is 5.26 Å². The maximum atomic E-state index is 12.3. The Hall–Kier alpha value is -2.88. The van der Waals surface area contributed by atoms with E-state index in [0.717, 1.165) is 20.1 Å². The number of carbonyl (C=O) groups is 1. The molecule has 0 saturated carbocycles. The summed E-state index contributed by atoms with van der Waals surface area (Å²) in [4.78, 5) is 12.3. The predicted octanol–water partition coefficient (Wildman–Crippen LogP) is 6.34. The van der Waals surface area contributed by atoms with Crippen LogP contribution in [-0.2, 0) is 11.4 Å². The molecule has 29 heavy (non-hydrogen) atoms. The summed E-state index contributed by atoms with van der Waals surface area (Å²) in [7, 11) is 0.